The highest BCUT2D eigenvalue weighted by Gasteiger charge is 2.22. The minimum Gasteiger partial charge on any atom is -0.457 e. The van der Waals surface area contributed by atoms with E-state index in [1.54, 1.807) is 6.08 Å². The molecule has 4 nitrogen and oxygen atoms in total. The molecule has 3 rings (SSSR count). The van der Waals surface area contributed by atoms with Crippen molar-refractivity contribution < 1.29 is 9.53 Å². The predicted octanol–water partition coefficient (Wildman–Crippen LogP) is 3.80. The van der Waals surface area contributed by atoms with E-state index in [2.05, 4.69) is 15.8 Å². The highest BCUT2D eigenvalue weighted by Crippen LogP contribution is 2.31. The van der Waals surface area contributed by atoms with E-state index in [1.807, 2.05) is 39.1 Å². The molecular weight excluding hydrogens is 276 g/mol. The van der Waals surface area contributed by atoms with Crippen LogP contribution in [-0.4, -0.2) is 21.4 Å². The van der Waals surface area contributed by atoms with Crippen molar-refractivity contribution in [3.8, 4) is 0 Å². The highest BCUT2D eigenvalue weighted by atomic mass is 16.6. The summed E-state index contributed by atoms with van der Waals surface area (Å²) in [6, 6.07) is 6.13. The van der Waals surface area contributed by atoms with Crippen LogP contribution in [0.2, 0.25) is 0 Å². The Hall–Kier alpha value is -2.10. The van der Waals surface area contributed by atoms with E-state index in [0.29, 0.717) is 0 Å². The van der Waals surface area contributed by atoms with Crippen LogP contribution in [0.5, 0.6) is 0 Å². The second-order valence-corrected chi connectivity index (χ2v) is 6.96. The maximum absolute atomic E-state index is 11.7. The third-order valence-corrected chi connectivity index (χ3v) is 3.61. The molecule has 116 valence electrons. The summed E-state index contributed by atoms with van der Waals surface area (Å²) in [6.45, 7) is 6.59. The van der Waals surface area contributed by atoms with Crippen LogP contribution in [0.1, 0.15) is 39.2 Å². The number of nitrogens with zero attached hydrogens (tertiary/aromatic N) is 2. The number of hydrogen-bond acceptors (Lipinski definition) is 3. The average molecular weight is 298 g/mol. The van der Waals surface area contributed by atoms with E-state index in [-0.39, 0.29) is 5.97 Å². The van der Waals surface area contributed by atoms with Crippen LogP contribution in [0, 0.1) is 5.92 Å². The van der Waals surface area contributed by atoms with Gasteiger partial charge in [-0.05, 0) is 63.3 Å². The number of rotatable bonds is 4. The maximum Gasteiger partial charge on any atom is 0.331 e. The van der Waals surface area contributed by atoms with Crippen LogP contribution in [0.3, 0.4) is 0 Å². The van der Waals surface area contributed by atoms with Crippen molar-refractivity contribution in [2.75, 3.05) is 0 Å². The van der Waals surface area contributed by atoms with Crippen LogP contribution >= 0.6 is 0 Å². The standard InChI is InChI=1S/C18H22N2O2/c1-18(2,3)22-17(21)9-7-13-6-8-16-15(10-13)11-19-20(16)12-14-4-5-14/h6-11,14H,4-5,12H2,1-3H3/b9-7+. The first-order valence-electron chi connectivity index (χ1n) is 7.77. The molecule has 0 radical (unpaired) electrons. The van der Waals surface area contributed by atoms with Gasteiger partial charge in [0.05, 0.1) is 11.7 Å². The second kappa shape index (κ2) is 5.59. The highest BCUT2D eigenvalue weighted by molar-refractivity contribution is 5.89. The molecule has 0 spiro atoms. The Labute approximate surface area is 130 Å². The summed E-state index contributed by atoms with van der Waals surface area (Å²) in [7, 11) is 0. The van der Waals surface area contributed by atoms with Crippen molar-refractivity contribution in [2.45, 2.75) is 45.8 Å². The fourth-order valence-electron chi connectivity index (χ4n) is 2.40. The molecule has 0 amide bonds. The average Bonchev–Trinajstić information content (AvgIpc) is 3.15. The van der Waals surface area contributed by atoms with E-state index < -0.39 is 5.60 Å². The van der Waals surface area contributed by atoms with E-state index in [9.17, 15) is 4.79 Å². The van der Waals surface area contributed by atoms with Crippen molar-refractivity contribution >= 4 is 22.9 Å². The van der Waals surface area contributed by atoms with Crippen molar-refractivity contribution in [3.05, 3.63) is 36.0 Å². The van der Waals surface area contributed by atoms with E-state index in [0.717, 1.165) is 28.9 Å². The summed E-state index contributed by atoms with van der Waals surface area (Å²) in [4.78, 5) is 11.7. The summed E-state index contributed by atoms with van der Waals surface area (Å²) in [6.07, 6.45) is 7.78. The molecule has 1 aromatic heterocycles. The monoisotopic (exact) mass is 298 g/mol. The molecule has 0 bridgehead atoms. The van der Waals surface area contributed by atoms with Crippen molar-refractivity contribution in [1.82, 2.24) is 9.78 Å². The lowest BCUT2D eigenvalue weighted by Gasteiger charge is -2.17. The second-order valence-electron chi connectivity index (χ2n) is 6.96. The SMILES string of the molecule is CC(C)(C)OC(=O)/C=C/c1ccc2c(cnn2CC2CC2)c1. The van der Waals surface area contributed by atoms with Crippen LogP contribution in [-0.2, 0) is 16.1 Å². The zero-order valence-electron chi connectivity index (χ0n) is 13.4. The fraction of sp³-hybridized carbons (Fsp3) is 0.444. The van der Waals surface area contributed by atoms with E-state index in [4.69, 9.17) is 4.74 Å². The van der Waals surface area contributed by atoms with Gasteiger partial charge in [0.15, 0.2) is 0 Å². The summed E-state index contributed by atoms with van der Waals surface area (Å²) in [5, 5.41) is 5.56. The minimum atomic E-state index is -0.463. The van der Waals surface area contributed by atoms with Gasteiger partial charge >= 0.3 is 5.97 Å². The predicted molar refractivity (Wildman–Crippen MR) is 87.3 cm³/mol. The maximum atomic E-state index is 11.7. The normalized spacial score (nSPS) is 15.6. The third kappa shape index (κ3) is 3.75. The van der Waals surface area contributed by atoms with Gasteiger partial charge in [0.2, 0.25) is 0 Å². The molecule has 1 aliphatic rings. The first-order chi connectivity index (χ1) is 10.4. The first-order valence-corrected chi connectivity index (χ1v) is 7.77. The topological polar surface area (TPSA) is 44.1 Å². The molecule has 1 heterocycles. The molecule has 22 heavy (non-hydrogen) atoms. The zero-order chi connectivity index (χ0) is 15.7. The molecule has 0 aliphatic heterocycles. The number of carbonyl (C=O) groups is 1. The number of aromatic nitrogens is 2. The van der Waals surface area contributed by atoms with Gasteiger partial charge in [0.25, 0.3) is 0 Å². The van der Waals surface area contributed by atoms with Gasteiger partial charge < -0.3 is 4.74 Å². The van der Waals surface area contributed by atoms with Gasteiger partial charge in [-0.3, -0.25) is 4.68 Å². The Kier molecular flexibility index (Phi) is 3.77. The Morgan fingerprint density at radius 1 is 1.41 bits per heavy atom. The van der Waals surface area contributed by atoms with E-state index >= 15 is 0 Å². The molecule has 1 fully saturated rings. The van der Waals surface area contributed by atoms with Gasteiger partial charge in [-0.1, -0.05) is 6.07 Å². The molecule has 2 aromatic rings. The van der Waals surface area contributed by atoms with Gasteiger partial charge in [-0.25, -0.2) is 4.79 Å². The smallest absolute Gasteiger partial charge is 0.331 e. The van der Waals surface area contributed by atoms with E-state index in [1.165, 1.54) is 18.9 Å². The van der Waals surface area contributed by atoms with Crippen LogP contribution in [0.4, 0.5) is 0 Å². The number of esters is 1. The summed E-state index contributed by atoms with van der Waals surface area (Å²) >= 11 is 0. The van der Waals surface area contributed by atoms with Crippen LogP contribution in [0.15, 0.2) is 30.5 Å². The number of fused-ring (bicyclic) bond motifs is 1. The van der Waals surface area contributed by atoms with Gasteiger partial charge in [0, 0.05) is 18.0 Å². The molecule has 1 saturated carbocycles. The summed E-state index contributed by atoms with van der Waals surface area (Å²) < 4.78 is 7.34. The Morgan fingerprint density at radius 2 is 2.18 bits per heavy atom. The largest absolute Gasteiger partial charge is 0.457 e. The molecule has 1 aliphatic carbocycles. The first kappa shape index (κ1) is 14.8. The molecule has 4 heteroatoms. The number of ether oxygens (including phenoxy) is 1. The van der Waals surface area contributed by atoms with Gasteiger partial charge in [-0.15, -0.1) is 0 Å². The van der Waals surface area contributed by atoms with Crippen molar-refractivity contribution in [3.63, 3.8) is 0 Å². The molecule has 1 aromatic carbocycles. The molecule has 0 unspecified atom stereocenters. The Morgan fingerprint density at radius 3 is 2.86 bits per heavy atom. The third-order valence-electron chi connectivity index (χ3n) is 3.61. The quantitative estimate of drug-likeness (QED) is 0.637. The summed E-state index contributed by atoms with van der Waals surface area (Å²) in [5.41, 5.74) is 1.67. The zero-order valence-corrected chi connectivity index (χ0v) is 13.4. The number of carbonyl (C=O) groups excluding carboxylic acids is 1. The summed E-state index contributed by atoms with van der Waals surface area (Å²) in [5.74, 6) is 0.479. The van der Waals surface area contributed by atoms with Crippen molar-refractivity contribution in [1.29, 1.82) is 0 Å². The molecule has 0 atom stereocenters. The fourth-order valence-corrected chi connectivity index (χ4v) is 2.40. The Bertz CT molecular complexity index is 718. The molecular formula is C18H22N2O2. The lowest BCUT2D eigenvalue weighted by molar-refractivity contribution is -0.148. The number of benzene rings is 1. The Balaban J connectivity index is 1.73. The van der Waals surface area contributed by atoms with Gasteiger partial charge in [0.1, 0.15) is 5.60 Å². The van der Waals surface area contributed by atoms with Gasteiger partial charge in [-0.2, -0.15) is 5.10 Å². The molecule has 0 N–H and O–H groups in total. The molecule has 0 saturated heterocycles. The van der Waals surface area contributed by atoms with Crippen LogP contribution < -0.4 is 0 Å². The van der Waals surface area contributed by atoms with Crippen LogP contribution in [0.25, 0.3) is 17.0 Å². The lowest BCUT2D eigenvalue weighted by Crippen LogP contribution is -2.22. The van der Waals surface area contributed by atoms with Crippen molar-refractivity contribution in [2.24, 2.45) is 5.92 Å². The lowest BCUT2D eigenvalue weighted by atomic mass is 10.1. The minimum absolute atomic E-state index is 0.322. The number of hydrogen-bond donors (Lipinski definition) is 0.